The zero-order valence-corrected chi connectivity index (χ0v) is 50.1. The van der Waals surface area contributed by atoms with Gasteiger partial charge in [0.05, 0.1) is 25.4 Å². The van der Waals surface area contributed by atoms with Crippen molar-refractivity contribution in [3.63, 3.8) is 0 Å². The molecule has 7 atom stereocenters. The molecule has 0 radical (unpaired) electrons. The maximum atomic E-state index is 13.1. The first-order valence-corrected chi connectivity index (χ1v) is 32.5. The van der Waals surface area contributed by atoms with Gasteiger partial charge in [-0.15, -0.1) is 0 Å². The van der Waals surface area contributed by atoms with Crippen LogP contribution in [0.1, 0.15) is 277 Å². The second kappa shape index (κ2) is 57.3. The van der Waals surface area contributed by atoms with Crippen molar-refractivity contribution in [1.82, 2.24) is 5.32 Å². The van der Waals surface area contributed by atoms with Crippen molar-refractivity contribution in [3.8, 4) is 0 Å². The van der Waals surface area contributed by atoms with E-state index in [1.807, 2.05) is 6.08 Å². The summed E-state index contributed by atoms with van der Waals surface area (Å²) in [7, 11) is 0. The van der Waals surface area contributed by atoms with Crippen LogP contribution in [0.5, 0.6) is 0 Å². The zero-order chi connectivity index (χ0) is 56.5. The monoisotopic (exact) mass is 1090 g/mol. The highest BCUT2D eigenvalue weighted by Crippen LogP contribution is 2.23. The van der Waals surface area contributed by atoms with Crippen molar-refractivity contribution < 1.29 is 39.8 Å². The predicted octanol–water partition coefficient (Wildman–Crippen LogP) is 17.1. The molecule has 9 nitrogen and oxygen atoms in total. The molecule has 0 spiro atoms. The maximum Gasteiger partial charge on any atom is 0.220 e. The predicted molar refractivity (Wildman–Crippen MR) is 331 cm³/mol. The molecule has 1 amide bonds. The van der Waals surface area contributed by atoms with E-state index in [0.29, 0.717) is 12.8 Å². The molecule has 450 valence electrons. The average Bonchev–Trinajstić information content (AvgIpc) is 3.45. The van der Waals surface area contributed by atoms with Gasteiger partial charge in [-0.05, 0) is 83.5 Å². The van der Waals surface area contributed by atoms with E-state index in [1.165, 1.54) is 167 Å². The number of carbonyl (C=O) groups is 1. The van der Waals surface area contributed by atoms with Gasteiger partial charge in [-0.3, -0.25) is 4.79 Å². The van der Waals surface area contributed by atoms with E-state index in [0.717, 1.165) is 83.5 Å². The smallest absolute Gasteiger partial charge is 0.220 e. The minimum absolute atomic E-state index is 0.212. The van der Waals surface area contributed by atoms with Crippen LogP contribution in [0.4, 0.5) is 0 Å². The van der Waals surface area contributed by atoms with Crippen LogP contribution in [0.3, 0.4) is 0 Å². The molecule has 9 heteroatoms. The number of aliphatic hydroxyl groups excluding tert-OH is 5. The molecule has 1 fully saturated rings. The van der Waals surface area contributed by atoms with Gasteiger partial charge in [-0.1, -0.05) is 284 Å². The zero-order valence-electron chi connectivity index (χ0n) is 50.1. The fourth-order valence-electron chi connectivity index (χ4n) is 9.83. The van der Waals surface area contributed by atoms with Crippen LogP contribution < -0.4 is 5.32 Å². The Morgan fingerprint density at radius 3 is 1.23 bits per heavy atom. The first kappa shape index (κ1) is 73.1. The number of rotatable bonds is 55. The van der Waals surface area contributed by atoms with Gasteiger partial charge in [0.2, 0.25) is 5.91 Å². The summed E-state index contributed by atoms with van der Waals surface area (Å²) < 4.78 is 11.3. The molecular formula is C69H121NO8. The molecule has 1 aliphatic rings. The lowest BCUT2D eigenvalue weighted by molar-refractivity contribution is -0.302. The largest absolute Gasteiger partial charge is 0.394 e. The lowest BCUT2D eigenvalue weighted by Gasteiger charge is -2.40. The van der Waals surface area contributed by atoms with Crippen molar-refractivity contribution in [2.24, 2.45) is 0 Å². The Kier molecular flexibility index (Phi) is 53.8. The number of nitrogens with one attached hydrogen (secondary N) is 1. The van der Waals surface area contributed by atoms with Crippen LogP contribution in [0.2, 0.25) is 0 Å². The maximum absolute atomic E-state index is 13.1. The fraction of sp³-hybridized carbons (Fsp3) is 0.754. The molecule has 6 N–H and O–H groups in total. The Balaban J connectivity index is 2.21. The standard InChI is InChI=1S/C69H121NO8/c1-3-5-7-9-11-13-15-17-19-21-23-25-27-28-29-30-31-32-33-34-35-37-38-40-42-44-46-48-50-52-54-56-58-63(72)62(61-77-69-68(76)67(75)66(74)64(60-71)78-69)70-65(73)59-57-55-53-51-49-47-45-43-41-39-36-26-24-22-20-18-16-14-12-10-8-6-4-2/h6,8,12,14,18,20,24,26,39,41,45,47-48,50,56,58,62-64,66-69,71-72,74-76H,3-5,7,9-11,13,15-17,19,21-23,25,27-38,40,42-44,46,49,51-55,57,59-61H2,1-2H3,(H,70,73)/b8-6-,14-12-,20-18-,26-24-,41-39-,47-45-,50-48+,58-56+. The Hall–Kier alpha value is -2.89. The van der Waals surface area contributed by atoms with Crippen molar-refractivity contribution in [3.05, 3.63) is 97.2 Å². The molecule has 0 bridgehead atoms. The highest BCUT2D eigenvalue weighted by Gasteiger charge is 2.44. The van der Waals surface area contributed by atoms with Gasteiger partial charge in [-0.25, -0.2) is 0 Å². The summed E-state index contributed by atoms with van der Waals surface area (Å²) in [6.45, 7) is 3.65. The molecule has 1 saturated heterocycles. The van der Waals surface area contributed by atoms with E-state index in [2.05, 4.69) is 104 Å². The molecule has 1 rings (SSSR count). The first-order valence-electron chi connectivity index (χ1n) is 32.5. The quantitative estimate of drug-likeness (QED) is 0.0261. The number of unbranched alkanes of at least 4 members (excludes halogenated alkanes) is 31. The third-order valence-corrected chi connectivity index (χ3v) is 14.9. The first-order chi connectivity index (χ1) is 38.3. The number of hydrogen-bond acceptors (Lipinski definition) is 8. The SMILES string of the molecule is CC/C=C\C/C=C\C/C=C\C/C=C\C/C=C\C/C=C\CCCCCCC(=O)NC(COC1OC(CO)C(O)C(O)C1O)C(O)/C=C/CC/C=C/CCCCCCCCCCCCCCCCCCCCCCCCCCCC. The summed E-state index contributed by atoms with van der Waals surface area (Å²) >= 11 is 0. The van der Waals surface area contributed by atoms with E-state index in [1.54, 1.807) is 6.08 Å². The minimum atomic E-state index is -1.58. The molecule has 0 aromatic carbocycles. The molecule has 78 heavy (non-hydrogen) atoms. The summed E-state index contributed by atoms with van der Waals surface area (Å²) in [4.78, 5) is 13.1. The number of hydrogen-bond donors (Lipinski definition) is 6. The highest BCUT2D eigenvalue weighted by molar-refractivity contribution is 5.76. The Morgan fingerprint density at radius 1 is 0.449 bits per heavy atom. The number of allylic oxidation sites excluding steroid dienone is 15. The normalized spacial score (nSPS) is 19.3. The van der Waals surface area contributed by atoms with Gasteiger partial charge in [-0.2, -0.15) is 0 Å². The summed E-state index contributed by atoms with van der Waals surface area (Å²) in [5, 5.41) is 54.6. The topological polar surface area (TPSA) is 149 Å². The number of amides is 1. The molecule has 7 unspecified atom stereocenters. The van der Waals surface area contributed by atoms with Crippen molar-refractivity contribution in [2.75, 3.05) is 13.2 Å². The number of carbonyl (C=O) groups excluding carboxylic acids is 1. The Labute approximate surface area is 479 Å². The van der Waals surface area contributed by atoms with Gasteiger partial charge in [0.1, 0.15) is 24.4 Å². The van der Waals surface area contributed by atoms with Crippen LogP contribution in [0.15, 0.2) is 97.2 Å². The average molecular weight is 1090 g/mol. The Bertz CT molecular complexity index is 1550. The lowest BCUT2D eigenvalue weighted by atomic mass is 9.99. The molecule has 1 heterocycles. The van der Waals surface area contributed by atoms with E-state index < -0.39 is 49.5 Å². The second-order valence-electron chi connectivity index (χ2n) is 22.2. The fourth-order valence-corrected chi connectivity index (χ4v) is 9.83. The minimum Gasteiger partial charge on any atom is -0.394 e. The second-order valence-corrected chi connectivity index (χ2v) is 22.2. The molecular weight excluding hydrogens is 971 g/mol. The van der Waals surface area contributed by atoms with Crippen molar-refractivity contribution in [1.29, 1.82) is 0 Å². The summed E-state index contributed by atoms with van der Waals surface area (Å²) in [5.74, 6) is -0.212. The van der Waals surface area contributed by atoms with E-state index in [-0.39, 0.29) is 12.5 Å². The van der Waals surface area contributed by atoms with E-state index in [4.69, 9.17) is 9.47 Å². The van der Waals surface area contributed by atoms with Gasteiger partial charge < -0.3 is 40.3 Å². The molecule has 0 aromatic heterocycles. The summed E-state index contributed by atoms with van der Waals surface area (Å²) in [6, 6.07) is -0.844. The van der Waals surface area contributed by atoms with Gasteiger partial charge in [0.15, 0.2) is 6.29 Å². The number of ether oxygens (including phenoxy) is 2. The third-order valence-electron chi connectivity index (χ3n) is 14.9. The lowest BCUT2D eigenvalue weighted by Crippen LogP contribution is -2.60. The third kappa shape index (κ3) is 45.8. The highest BCUT2D eigenvalue weighted by atomic mass is 16.7. The van der Waals surface area contributed by atoms with Crippen LogP contribution >= 0.6 is 0 Å². The van der Waals surface area contributed by atoms with Crippen molar-refractivity contribution in [2.45, 2.75) is 320 Å². The van der Waals surface area contributed by atoms with Gasteiger partial charge in [0.25, 0.3) is 0 Å². The van der Waals surface area contributed by atoms with Crippen LogP contribution in [0, 0.1) is 0 Å². The number of aliphatic hydroxyl groups is 5. The van der Waals surface area contributed by atoms with Crippen LogP contribution in [0.25, 0.3) is 0 Å². The van der Waals surface area contributed by atoms with Gasteiger partial charge in [0, 0.05) is 6.42 Å². The molecule has 1 aliphatic heterocycles. The molecule has 0 saturated carbocycles. The van der Waals surface area contributed by atoms with Crippen LogP contribution in [-0.2, 0) is 14.3 Å². The van der Waals surface area contributed by atoms with Crippen LogP contribution in [-0.4, -0.2) is 87.5 Å². The van der Waals surface area contributed by atoms with E-state index in [9.17, 15) is 30.3 Å². The molecule has 0 aromatic rings. The van der Waals surface area contributed by atoms with Gasteiger partial charge >= 0.3 is 0 Å². The van der Waals surface area contributed by atoms with Crippen molar-refractivity contribution >= 4 is 5.91 Å². The molecule has 0 aliphatic carbocycles. The summed E-state index contributed by atoms with van der Waals surface area (Å²) in [5.41, 5.74) is 0. The Morgan fingerprint density at radius 2 is 0.808 bits per heavy atom. The van der Waals surface area contributed by atoms with E-state index >= 15 is 0 Å². The summed E-state index contributed by atoms with van der Waals surface area (Å²) in [6.07, 6.45) is 76.5.